The van der Waals surface area contributed by atoms with Crippen LogP contribution in [0.25, 0.3) is 10.8 Å². The van der Waals surface area contributed by atoms with E-state index in [0.717, 1.165) is 48.0 Å². The lowest BCUT2D eigenvalue weighted by Crippen LogP contribution is -2.36. The van der Waals surface area contributed by atoms with Crippen LogP contribution in [-0.4, -0.2) is 90.2 Å². The summed E-state index contributed by atoms with van der Waals surface area (Å²) in [5.74, 6) is 3.86. The minimum atomic E-state index is -0.302. The molecule has 52 heavy (non-hydrogen) atoms. The van der Waals surface area contributed by atoms with Gasteiger partial charge in [-0.3, -0.25) is 0 Å². The van der Waals surface area contributed by atoms with Crippen molar-refractivity contribution in [1.29, 1.82) is 0 Å². The summed E-state index contributed by atoms with van der Waals surface area (Å²) < 4.78 is 46.0. The maximum Gasteiger partial charge on any atom is 0.332 e. The molecule has 10 heteroatoms. The van der Waals surface area contributed by atoms with Gasteiger partial charge < -0.3 is 37.9 Å². The molecule has 10 nitrogen and oxygen atoms in total. The second-order valence-electron chi connectivity index (χ2n) is 15.3. The van der Waals surface area contributed by atoms with Crippen molar-refractivity contribution in [1.82, 2.24) is 0 Å². The van der Waals surface area contributed by atoms with E-state index in [1.807, 2.05) is 36.4 Å². The van der Waals surface area contributed by atoms with Crippen LogP contribution in [0.3, 0.4) is 0 Å². The van der Waals surface area contributed by atoms with Gasteiger partial charge in [0.1, 0.15) is 50.1 Å². The molecule has 0 amide bonds. The summed E-state index contributed by atoms with van der Waals surface area (Å²) in [6.45, 7) is 16.0. The van der Waals surface area contributed by atoms with Crippen LogP contribution < -0.4 is 9.47 Å². The third-order valence-corrected chi connectivity index (χ3v) is 10.5. The Morgan fingerprint density at radius 2 is 0.942 bits per heavy atom. The number of fused-ring (bicyclic) bond motifs is 1. The van der Waals surface area contributed by atoms with E-state index in [9.17, 15) is 9.59 Å². The van der Waals surface area contributed by atoms with Gasteiger partial charge in [0.2, 0.25) is 0 Å². The van der Waals surface area contributed by atoms with Gasteiger partial charge in [0, 0.05) is 10.8 Å². The van der Waals surface area contributed by atoms with E-state index in [2.05, 4.69) is 41.5 Å². The summed E-state index contributed by atoms with van der Waals surface area (Å²) in [5, 5.41) is 1.88. The molecule has 292 valence electrons. The van der Waals surface area contributed by atoms with Crippen LogP contribution in [0, 0.1) is 35.5 Å². The third-order valence-electron chi connectivity index (χ3n) is 10.5. The average molecular weight is 729 g/mol. The largest absolute Gasteiger partial charge is 0.491 e. The molecular formula is C42H64O10. The van der Waals surface area contributed by atoms with Gasteiger partial charge >= 0.3 is 11.9 Å². The molecule has 2 aromatic rings. The van der Waals surface area contributed by atoms with Crippen LogP contribution in [0.5, 0.6) is 11.5 Å². The molecule has 2 fully saturated rings. The third kappa shape index (κ3) is 13.8. The molecule has 0 saturated heterocycles. The number of hydrogen-bond donors (Lipinski definition) is 0. The molecule has 2 aliphatic rings. The molecule has 0 aromatic heterocycles. The smallest absolute Gasteiger partial charge is 0.332 e. The highest BCUT2D eigenvalue weighted by atomic mass is 16.6. The van der Waals surface area contributed by atoms with Crippen molar-refractivity contribution >= 4 is 22.7 Å². The molecule has 0 unspecified atom stereocenters. The molecule has 4 rings (SSSR count). The van der Waals surface area contributed by atoms with Crippen LogP contribution in [0.15, 0.2) is 36.4 Å². The standard InChI is InChI=1S/C42H64O10/c1-29(2)33-15-13-31(5)25-39(33)51-41(43)27-47-19-17-45-21-23-49-37-11-7-10-36-35(37)9-8-12-38(36)50-24-22-46-18-20-48-28-42(44)52-40-26-32(6)14-16-34(40)30(3)4/h7-12,29-34,39-40H,13-28H2,1-6H3/t31-,32-,33+,34+,39-,40-/m1/s1. The molecule has 0 bridgehead atoms. The van der Waals surface area contributed by atoms with E-state index in [1.54, 1.807) is 0 Å². The number of ether oxygens (including phenoxy) is 8. The highest BCUT2D eigenvalue weighted by Crippen LogP contribution is 2.37. The molecular weight excluding hydrogens is 664 g/mol. The fourth-order valence-corrected chi connectivity index (χ4v) is 7.58. The van der Waals surface area contributed by atoms with Gasteiger partial charge in [0.25, 0.3) is 0 Å². The Balaban J connectivity index is 1.05. The van der Waals surface area contributed by atoms with Crippen molar-refractivity contribution in [3.05, 3.63) is 36.4 Å². The number of carbonyl (C=O) groups is 2. The lowest BCUT2D eigenvalue weighted by Gasteiger charge is -2.36. The fourth-order valence-electron chi connectivity index (χ4n) is 7.58. The minimum Gasteiger partial charge on any atom is -0.491 e. The SMILES string of the molecule is CC(C)[C@@H]1CC[C@@H](C)C[C@H]1OC(=O)COCCOCCOc1cccc2c(OCCOCCOCC(=O)O[C@@H]3C[C@H](C)CC[C@H]3C(C)C)cccc12. The maximum absolute atomic E-state index is 12.4. The van der Waals surface area contributed by atoms with Gasteiger partial charge in [-0.05, 0) is 73.3 Å². The van der Waals surface area contributed by atoms with Crippen molar-refractivity contribution in [3.8, 4) is 11.5 Å². The van der Waals surface area contributed by atoms with Crippen molar-refractivity contribution < 1.29 is 47.5 Å². The lowest BCUT2D eigenvalue weighted by molar-refractivity contribution is -0.162. The molecule has 0 spiro atoms. The molecule has 6 atom stereocenters. The first-order valence-corrected chi connectivity index (χ1v) is 19.6. The first-order valence-electron chi connectivity index (χ1n) is 19.6. The zero-order valence-electron chi connectivity index (χ0n) is 32.5. The minimum absolute atomic E-state index is 0.0198. The quantitative estimate of drug-likeness (QED) is 0.0886. The Hall–Kier alpha value is -2.92. The van der Waals surface area contributed by atoms with Gasteiger partial charge in [-0.1, -0.05) is 78.6 Å². The monoisotopic (exact) mass is 728 g/mol. The molecule has 0 radical (unpaired) electrons. The Morgan fingerprint density at radius 1 is 0.558 bits per heavy atom. The summed E-state index contributed by atoms with van der Waals surface area (Å²) in [6.07, 6.45) is 6.42. The van der Waals surface area contributed by atoms with Crippen LogP contribution in [0.2, 0.25) is 0 Å². The van der Waals surface area contributed by atoms with E-state index in [1.165, 1.54) is 12.8 Å². The van der Waals surface area contributed by atoms with Gasteiger partial charge in [-0.15, -0.1) is 0 Å². The Labute approximate surface area is 311 Å². The first-order chi connectivity index (χ1) is 25.1. The van der Waals surface area contributed by atoms with Crippen molar-refractivity contribution in [2.24, 2.45) is 35.5 Å². The van der Waals surface area contributed by atoms with Gasteiger partial charge in [0.05, 0.1) is 39.6 Å². The predicted molar refractivity (Wildman–Crippen MR) is 201 cm³/mol. The number of rotatable bonds is 22. The summed E-state index contributed by atoms with van der Waals surface area (Å²) in [6, 6.07) is 11.7. The van der Waals surface area contributed by atoms with Crippen LogP contribution >= 0.6 is 0 Å². The second-order valence-corrected chi connectivity index (χ2v) is 15.3. The molecule has 0 heterocycles. The molecule has 2 aliphatic carbocycles. The van der Waals surface area contributed by atoms with Gasteiger partial charge in [0.15, 0.2) is 0 Å². The second kappa shape index (κ2) is 22.3. The zero-order chi connectivity index (χ0) is 37.3. The summed E-state index contributed by atoms with van der Waals surface area (Å²) in [4.78, 5) is 24.8. The van der Waals surface area contributed by atoms with Crippen LogP contribution in [0.1, 0.15) is 80.1 Å². The first kappa shape index (κ1) is 41.8. The van der Waals surface area contributed by atoms with Gasteiger partial charge in [-0.2, -0.15) is 0 Å². The zero-order valence-corrected chi connectivity index (χ0v) is 32.5. The Bertz CT molecular complexity index is 1240. The maximum atomic E-state index is 12.4. The topological polar surface area (TPSA) is 108 Å². The predicted octanol–water partition coefficient (Wildman–Crippen LogP) is 7.67. The molecule has 0 N–H and O–H groups in total. The lowest BCUT2D eigenvalue weighted by atomic mass is 9.75. The van der Waals surface area contributed by atoms with E-state index in [0.29, 0.717) is 88.4 Å². The van der Waals surface area contributed by atoms with E-state index < -0.39 is 0 Å². The van der Waals surface area contributed by atoms with Crippen LogP contribution in [0.4, 0.5) is 0 Å². The average Bonchev–Trinajstić information content (AvgIpc) is 3.10. The Kier molecular flexibility index (Phi) is 18.0. The Morgan fingerprint density at radius 3 is 1.35 bits per heavy atom. The molecule has 2 aromatic carbocycles. The highest BCUT2D eigenvalue weighted by molar-refractivity contribution is 5.93. The highest BCUT2D eigenvalue weighted by Gasteiger charge is 2.34. The van der Waals surface area contributed by atoms with E-state index in [4.69, 9.17) is 37.9 Å². The van der Waals surface area contributed by atoms with Crippen molar-refractivity contribution in [2.75, 3.05) is 66.1 Å². The summed E-state index contributed by atoms with van der Waals surface area (Å²) in [5.41, 5.74) is 0. The van der Waals surface area contributed by atoms with E-state index >= 15 is 0 Å². The van der Waals surface area contributed by atoms with Crippen molar-refractivity contribution in [2.45, 2.75) is 92.3 Å². The number of esters is 2. The molecule has 2 saturated carbocycles. The number of hydrogen-bond acceptors (Lipinski definition) is 10. The van der Waals surface area contributed by atoms with Crippen LogP contribution in [-0.2, 0) is 38.0 Å². The van der Waals surface area contributed by atoms with Gasteiger partial charge in [-0.25, -0.2) is 9.59 Å². The normalized spacial score (nSPS) is 23.5. The van der Waals surface area contributed by atoms with Crippen molar-refractivity contribution in [3.63, 3.8) is 0 Å². The fraction of sp³-hybridized carbons (Fsp3) is 0.714. The summed E-state index contributed by atoms with van der Waals surface area (Å²) in [7, 11) is 0. The summed E-state index contributed by atoms with van der Waals surface area (Å²) >= 11 is 0. The van der Waals surface area contributed by atoms with E-state index in [-0.39, 0.29) is 37.4 Å². The number of carbonyl (C=O) groups excluding carboxylic acids is 2. The number of benzene rings is 2. The molecule has 0 aliphatic heterocycles.